The van der Waals surface area contributed by atoms with Crippen molar-refractivity contribution in [3.05, 3.63) is 34.9 Å². The Morgan fingerprint density at radius 2 is 1.95 bits per heavy atom. The molecule has 1 aromatic carbocycles. The van der Waals surface area contributed by atoms with E-state index in [1.807, 2.05) is 6.07 Å². The number of piperazine rings is 1. The number of benzene rings is 1. The van der Waals surface area contributed by atoms with Gasteiger partial charge in [-0.05, 0) is 43.6 Å². The fraction of sp³-hybridized carbons (Fsp3) is 0.684. The Bertz CT molecular complexity index is 470. The van der Waals surface area contributed by atoms with E-state index in [9.17, 15) is 0 Å². The first-order chi connectivity index (χ1) is 10.7. The molecule has 2 nitrogen and oxygen atoms in total. The monoisotopic (exact) mass is 320 g/mol. The smallest absolute Gasteiger partial charge is 0.0476 e. The van der Waals surface area contributed by atoms with Crippen molar-refractivity contribution in [3.63, 3.8) is 0 Å². The topological polar surface area (TPSA) is 6.48 Å². The van der Waals surface area contributed by atoms with E-state index in [1.165, 1.54) is 63.7 Å². The maximum atomic E-state index is 6.21. The van der Waals surface area contributed by atoms with Crippen LogP contribution in [0.1, 0.15) is 50.1 Å². The van der Waals surface area contributed by atoms with Gasteiger partial charge < -0.3 is 4.90 Å². The molecule has 0 amide bonds. The van der Waals surface area contributed by atoms with Crippen LogP contribution in [0.5, 0.6) is 0 Å². The molecule has 1 unspecified atom stereocenters. The van der Waals surface area contributed by atoms with Crippen molar-refractivity contribution >= 4 is 11.6 Å². The molecule has 0 radical (unpaired) electrons. The predicted molar refractivity (Wildman–Crippen MR) is 94.5 cm³/mol. The zero-order valence-corrected chi connectivity index (χ0v) is 14.6. The maximum absolute atomic E-state index is 6.21. The van der Waals surface area contributed by atoms with Gasteiger partial charge in [-0.2, -0.15) is 0 Å². The van der Waals surface area contributed by atoms with Crippen LogP contribution >= 0.6 is 11.6 Å². The first-order valence-corrected chi connectivity index (χ1v) is 9.28. The molecule has 1 aliphatic carbocycles. The molecule has 1 saturated heterocycles. The van der Waals surface area contributed by atoms with Crippen LogP contribution in [0.25, 0.3) is 0 Å². The third kappa shape index (κ3) is 4.24. The summed E-state index contributed by atoms with van der Waals surface area (Å²) in [6.07, 6.45) is 8.64. The van der Waals surface area contributed by atoms with E-state index in [4.69, 9.17) is 11.6 Å². The summed E-state index contributed by atoms with van der Waals surface area (Å²) in [6.45, 7) is 4.73. The van der Waals surface area contributed by atoms with Crippen LogP contribution < -0.4 is 0 Å². The highest BCUT2D eigenvalue weighted by molar-refractivity contribution is 6.30. The molecular formula is C19H29ClN2. The van der Waals surface area contributed by atoms with Crippen molar-refractivity contribution in [3.8, 4) is 0 Å². The number of hydrogen-bond donors (Lipinski definition) is 0. The van der Waals surface area contributed by atoms with Gasteiger partial charge >= 0.3 is 0 Å². The van der Waals surface area contributed by atoms with Crippen LogP contribution in [0.15, 0.2) is 24.3 Å². The standard InChI is InChI=1S/C19H29ClN2/c1-21-12-13-22(11-10-16-6-3-2-4-7-16)19(15-21)17-8-5-9-18(20)14-17/h5,8-9,14,16,19H,2-4,6-7,10-13,15H2,1H3. The van der Waals surface area contributed by atoms with Gasteiger partial charge in [0.2, 0.25) is 0 Å². The SMILES string of the molecule is CN1CCN(CCC2CCCCC2)C(c2cccc(Cl)c2)C1. The Balaban J connectivity index is 1.64. The molecular weight excluding hydrogens is 292 g/mol. The van der Waals surface area contributed by atoms with Gasteiger partial charge in [0.15, 0.2) is 0 Å². The largest absolute Gasteiger partial charge is 0.303 e. The summed E-state index contributed by atoms with van der Waals surface area (Å²) in [4.78, 5) is 5.14. The van der Waals surface area contributed by atoms with E-state index in [1.54, 1.807) is 0 Å². The normalized spacial score (nSPS) is 25.5. The molecule has 2 fully saturated rings. The number of rotatable bonds is 4. The number of nitrogens with zero attached hydrogens (tertiary/aromatic N) is 2. The minimum absolute atomic E-state index is 0.501. The van der Waals surface area contributed by atoms with Crippen molar-refractivity contribution in [2.45, 2.75) is 44.6 Å². The molecule has 122 valence electrons. The summed E-state index contributed by atoms with van der Waals surface area (Å²) in [5, 5.41) is 0.859. The van der Waals surface area contributed by atoms with E-state index in [0.29, 0.717) is 6.04 Å². The zero-order valence-electron chi connectivity index (χ0n) is 13.8. The lowest BCUT2D eigenvalue weighted by Crippen LogP contribution is -2.47. The first kappa shape index (κ1) is 16.3. The second kappa shape index (κ2) is 7.81. The van der Waals surface area contributed by atoms with E-state index >= 15 is 0 Å². The highest BCUT2D eigenvalue weighted by atomic mass is 35.5. The molecule has 0 N–H and O–H groups in total. The average molecular weight is 321 g/mol. The molecule has 0 bridgehead atoms. The van der Waals surface area contributed by atoms with Crippen molar-refractivity contribution < 1.29 is 0 Å². The van der Waals surface area contributed by atoms with Crippen LogP contribution in [0, 0.1) is 5.92 Å². The van der Waals surface area contributed by atoms with Crippen LogP contribution in [0.2, 0.25) is 5.02 Å². The van der Waals surface area contributed by atoms with Crippen LogP contribution in [-0.2, 0) is 0 Å². The van der Waals surface area contributed by atoms with Crippen LogP contribution in [0.4, 0.5) is 0 Å². The van der Waals surface area contributed by atoms with Gasteiger partial charge in [-0.1, -0.05) is 55.8 Å². The van der Waals surface area contributed by atoms with Gasteiger partial charge in [0, 0.05) is 30.7 Å². The predicted octanol–water partition coefficient (Wildman–Crippen LogP) is 4.60. The Morgan fingerprint density at radius 1 is 1.14 bits per heavy atom. The maximum Gasteiger partial charge on any atom is 0.0476 e. The molecule has 1 aliphatic heterocycles. The van der Waals surface area contributed by atoms with Gasteiger partial charge in [-0.3, -0.25) is 4.90 Å². The van der Waals surface area contributed by atoms with Crippen molar-refractivity contribution in [1.82, 2.24) is 9.80 Å². The van der Waals surface area contributed by atoms with Gasteiger partial charge in [-0.15, -0.1) is 0 Å². The number of halogens is 1. The molecule has 2 aliphatic rings. The molecule has 0 aromatic heterocycles. The highest BCUT2D eigenvalue weighted by Gasteiger charge is 2.27. The third-order valence-corrected chi connectivity index (χ3v) is 5.71. The number of hydrogen-bond acceptors (Lipinski definition) is 2. The van der Waals surface area contributed by atoms with Crippen molar-refractivity contribution in [1.29, 1.82) is 0 Å². The molecule has 22 heavy (non-hydrogen) atoms. The lowest BCUT2D eigenvalue weighted by atomic mass is 9.86. The summed E-state index contributed by atoms with van der Waals surface area (Å²) in [7, 11) is 2.23. The van der Waals surface area contributed by atoms with Crippen LogP contribution in [0.3, 0.4) is 0 Å². The van der Waals surface area contributed by atoms with Gasteiger partial charge in [-0.25, -0.2) is 0 Å². The fourth-order valence-corrected chi connectivity index (χ4v) is 4.28. The molecule has 1 aromatic rings. The highest BCUT2D eigenvalue weighted by Crippen LogP contribution is 2.30. The zero-order chi connectivity index (χ0) is 15.4. The number of likely N-dealkylation sites (N-methyl/N-ethyl adjacent to an activating group) is 1. The Labute approximate surface area is 140 Å². The van der Waals surface area contributed by atoms with Gasteiger partial charge in [0.25, 0.3) is 0 Å². The first-order valence-electron chi connectivity index (χ1n) is 8.90. The Kier molecular flexibility index (Phi) is 5.78. The van der Waals surface area contributed by atoms with E-state index in [-0.39, 0.29) is 0 Å². The minimum atomic E-state index is 0.501. The molecule has 1 atom stereocenters. The molecule has 1 heterocycles. The Hall–Kier alpha value is -0.570. The van der Waals surface area contributed by atoms with Gasteiger partial charge in [0.05, 0.1) is 0 Å². The second-order valence-corrected chi connectivity index (χ2v) is 7.60. The summed E-state index contributed by atoms with van der Waals surface area (Å²) in [5.74, 6) is 0.966. The van der Waals surface area contributed by atoms with E-state index < -0.39 is 0 Å². The fourth-order valence-electron chi connectivity index (χ4n) is 4.08. The Morgan fingerprint density at radius 3 is 2.73 bits per heavy atom. The van der Waals surface area contributed by atoms with Crippen LogP contribution in [-0.4, -0.2) is 43.0 Å². The summed E-state index contributed by atoms with van der Waals surface area (Å²) in [5.41, 5.74) is 1.38. The van der Waals surface area contributed by atoms with Crippen molar-refractivity contribution in [2.24, 2.45) is 5.92 Å². The second-order valence-electron chi connectivity index (χ2n) is 7.16. The summed E-state index contributed by atoms with van der Waals surface area (Å²) >= 11 is 6.21. The van der Waals surface area contributed by atoms with Crippen molar-refractivity contribution in [2.75, 3.05) is 33.2 Å². The summed E-state index contributed by atoms with van der Waals surface area (Å²) in [6, 6.07) is 8.96. The molecule has 1 saturated carbocycles. The van der Waals surface area contributed by atoms with Gasteiger partial charge in [0.1, 0.15) is 0 Å². The molecule has 3 rings (SSSR count). The lowest BCUT2D eigenvalue weighted by molar-refractivity contribution is 0.0820. The third-order valence-electron chi connectivity index (χ3n) is 5.48. The lowest BCUT2D eigenvalue weighted by Gasteiger charge is -2.41. The average Bonchev–Trinajstić information content (AvgIpc) is 2.54. The van der Waals surface area contributed by atoms with E-state index in [0.717, 1.165) is 17.5 Å². The van der Waals surface area contributed by atoms with E-state index in [2.05, 4.69) is 35.0 Å². The molecule has 0 spiro atoms. The molecule has 3 heteroatoms. The quantitative estimate of drug-likeness (QED) is 0.800. The summed E-state index contributed by atoms with van der Waals surface area (Å²) < 4.78 is 0. The minimum Gasteiger partial charge on any atom is -0.303 e.